The third kappa shape index (κ3) is 10.9. The molecular formula is C62H73FN10O10S. The largest absolute Gasteiger partial charge is 0.483 e. The number of carbonyl (C=O) groups excluding carboxylic acids is 1. The number of piperazine rings is 1. The predicted molar refractivity (Wildman–Crippen MR) is 314 cm³/mol. The summed E-state index contributed by atoms with van der Waals surface area (Å²) in [6, 6.07) is 21.6. The number of nitro groups is 1. The Morgan fingerprint density at radius 2 is 1.75 bits per heavy atom. The third-order valence-corrected chi connectivity index (χ3v) is 20.3. The standard InChI is InChI=1S/C62H73FN10O10S/c1-38-7-5-6-8-44(38)53-35-69(34-40-15-21-64-59-55(40)81-37-60(2,3)83-59)24-25-71(53)42-30-62(31-42)19-22-70(23-20-62)41-9-11-45(50(27-41)72-49-16-26-80-36-54(49)82-58-52(72)29-46-47(63)33-66-56(46)67-58)57(74)68-84(78,79)43-10-12-48(51(28-43)73(76)77)65-32-39-13-17-61(4,75)18-14-39/h5-12,15,21,27-29,33,39,42,49,53-54,65,75H,13-14,16-20,22-26,30-32,34-37H2,1-4H3,(H,66,67)(H,68,74)/t39?,49-,53-,54-,61?/m0/s1. The van der Waals surface area contributed by atoms with E-state index in [9.17, 15) is 28.4 Å². The molecule has 20 nitrogen and oxygen atoms in total. The van der Waals surface area contributed by atoms with Crippen molar-refractivity contribution in [3.8, 4) is 17.5 Å². The highest BCUT2D eigenvalue weighted by atomic mass is 32.2. The molecule has 0 radical (unpaired) electrons. The molecule has 22 heteroatoms. The quantitative estimate of drug-likeness (QED) is 0.0623. The van der Waals surface area contributed by atoms with Crippen molar-refractivity contribution in [1.29, 1.82) is 0 Å². The lowest BCUT2D eigenvalue weighted by Gasteiger charge is -2.58. The molecule has 3 saturated heterocycles. The number of nitrogens with zero attached hydrogens (tertiary/aromatic N) is 7. The van der Waals surface area contributed by atoms with Gasteiger partial charge < -0.3 is 44.2 Å². The van der Waals surface area contributed by atoms with Crippen LogP contribution < -0.4 is 34.0 Å². The van der Waals surface area contributed by atoms with Crippen LogP contribution in [0.2, 0.25) is 0 Å². The monoisotopic (exact) mass is 1170 g/mol. The summed E-state index contributed by atoms with van der Waals surface area (Å²) in [6.45, 7) is 14.4. The number of carbonyl (C=O) groups is 1. The number of rotatable bonds is 13. The number of piperidine rings is 1. The van der Waals surface area contributed by atoms with Gasteiger partial charge in [-0.25, -0.2) is 22.5 Å². The average molecular weight is 1170 g/mol. The van der Waals surface area contributed by atoms with Crippen molar-refractivity contribution >= 4 is 55.4 Å². The first-order valence-corrected chi connectivity index (χ1v) is 31.0. The minimum atomic E-state index is -4.70. The summed E-state index contributed by atoms with van der Waals surface area (Å²) < 4.78 is 71.1. The molecule has 5 aliphatic heterocycles. The number of amides is 1. The second-order valence-corrected chi connectivity index (χ2v) is 27.0. The van der Waals surface area contributed by atoms with E-state index in [1.807, 2.05) is 43.1 Å². The maximum absolute atomic E-state index is 15.4. The second-order valence-electron chi connectivity index (χ2n) is 25.3. The van der Waals surface area contributed by atoms with Gasteiger partial charge in [0.1, 0.15) is 41.2 Å². The zero-order valence-electron chi connectivity index (χ0n) is 47.9. The molecule has 0 unspecified atom stereocenters. The lowest BCUT2D eigenvalue weighted by molar-refractivity contribution is -0.384. The van der Waals surface area contributed by atoms with Gasteiger partial charge in [0.15, 0.2) is 5.75 Å². The third-order valence-electron chi connectivity index (χ3n) is 19.0. The number of aryl methyl sites for hydroxylation is 1. The molecule has 1 amide bonds. The number of fused-ring (bicyclic) bond motifs is 4. The summed E-state index contributed by atoms with van der Waals surface area (Å²) in [5.74, 6) is 0.176. The summed E-state index contributed by atoms with van der Waals surface area (Å²) in [4.78, 5) is 47.8. The van der Waals surface area contributed by atoms with Gasteiger partial charge in [-0.1, -0.05) is 24.3 Å². The maximum Gasteiger partial charge on any atom is 0.293 e. The van der Waals surface area contributed by atoms with Gasteiger partial charge in [0.2, 0.25) is 5.88 Å². The topological polar surface area (TPSA) is 230 Å². The van der Waals surface area contributed by atoms with Crippen molar-refractivity contribution in [3.63, 3.8) is 0 Å². The molecule has 6 aromatic rings. The Labute approximate surface area is 488 Å². The smallest absolute Gasteiger partial charge is 0.293 e. The number of hydrogen-bond acceptors (Lipinski definition) is 17. The zero-order valence-corrected chi connectivity index (χ0v) is 48.8. The van der Waals surface area contributed by atoms with Gasteiger partial charge in [0, 0.05) is 94.2 Å². The van der Waals surface area contributed by atoms with Crippen LogP contribution in [0.15, 0.2) is 90.1 Å². The van der Waals surface area contributed by atoms with Crippen molar-refractivity contribution in [2.45, 2.75) is 132 Å². The van der Waals surface area contributed by atoms with Gasteiger partial charge in [0.25, 0.3) is 27.5 Å². The van der Waals surface area contributed by atoms with Crippen molar-refractivity contribution in [1.82, 2.24) is 29.5 Å². The number of halogens is 1. The van der Waals surface area contributed by atoms with E-state index in [-0.39, 0.29) is 52.1 Å². The van der Waals surface area contributed by atoms with Crippen molar-refractivity contribution in [3.05, 3.63) is 123 Å². The van der Waals surface area contributed by atoms with Crippen LogP contribution in [0.3, 0.4) is 0 Å². The van der Waals surface area contributed by atoms with Gasteiger partial charge in [-0.05, 0) is 150 Å². The van der Waals surface area contributed by atoms with Crippen LogP contribution in [0.4, 0.5) is 32.8 Å². The van der Waals surface area contributed by atoms with Gasteiger partial charge in [-0.2, -0.15) is 4.98 Å². The van der Waals surface area contributed by atoms with Crippen LogP contribution in [0.25, 0.3) is 11.0 Å². The highest BCUT2D eigenvalue weighted by molar-refractivity contribution is 7.90. The molecule has 3 aromatic heterocycles. The molecule has 4 N–H and O–H groups in total. The summed E-state index contributed by atoms with van der Waals surface area (Å²) in [6.07, 6.45) is 9.76. The Bertz CT molecular complexity index is 3630. The summed E-state index contributed by atoms with van der Waals surface area (Å²) in [5, 5.41) is 26.2. The first kappa shape index (κ1) is 56.0. The Morgan fingerprint density at radius 1 is 0.952 bits per heavy atom. The van der Waals surface area contributed by atoms with Crippen LogP contribution in [0.1, 0.15) is 112 Å². The van der Waals surface area contributed by atoms with E-state index in [1.165, 1.54) is 29.5 Å². The number of aromatic nitrogens is 3. The summed E-state index contributed by atoms with van der Waals surface area (Å²) >= 11 is 0. The Kier molecular flexibility index (Phi) is 14.5. The number of aliphatic hydroxyl groups is 1. The first-order valence-electron chi connectivity index (χ1n) is 29.5. The number of sulfonamides is 1. The molecule has 84 heavy (non-hydrogen) atoms. The number of pyridine rings is 2. The molecular weight excluding hydrogens is 1100 g/mol. The number of ether oxygens (including phenoxy) is 4. The number of nitrogens with one attached hydrogen (secondary N) is 3. The maximum atomic E-state index is 15.4. The molecule has 2 saturated carbocycles. The van der Waals surface area contributed by atoms with Crippen LogP contribution in [0, 0.1) is 34.2 Å². The summed E-state index contributed by atoms with van der Waals surface area (Å²) in [7, 11) is -4.70. The van der Waals surface area contributed by atoms with E-state index >= 15 is 4.39 Å². The number of hydrogen-bond donors (Lipinski definition) is 4. The van der Waals surface area contributed by atoms with E-state index in [0.717, 1.165) is 101 Å². The SMILES string of the molecule is Cc1ccccc1[C@@H]1CN(Cc2ccnc3c2OCC(C)(C)O3)CCN1C1CC2(CCN(c3ccc(C(=O)NS(=O)(=O)c4ccc(NCC5CCC(C)(O)CC5)c([N+](=O)[O-])c4)c(N4c5cc6c(F)c[nH]c6nc5O[C@H]5COCC[C@@H]54)c3)CC2)C1. The molecule has 13 rings (SSSR count). The number of anilines is 4. The molecule has 7 aliphatic rings. The van der Waals surface area contributed by atoms with E-state index in [1.54, 1.807) is 19.1 Å². The summed E-state index contributed by atoms with van der Waals surface area (Å²) in [5.41, 5.74) is 4.27. The lowest BCUT2D eigenvalue weighted by Crippen LogP contribution is -2.60. The van der Waals surface area contributed by atoms with Gasteiger partial charge >= 0.3 is 0 Å². The Balaban J connectivity index is 0.752. The minimum Gasteiger partial charge on any atom is -0.483 e. The van der Waals surface area contributed by atoms with Crippen LogP contribution in [0.5, 0.6) is 17.5 Å². The molecule has 444 valence electrons. The minimum absolute atomic E-state index is 0.0134. The normalized spacial score (nSPS) is 25.1. The highest BCUT2D eigenvalue weighted by Gasteiger charge is 2.51. The first-order chi connectivity index (χ1) is 40.3. The van der Waals surface area contributed by atoms with Gasteiger partial charge in [-0.3, -0.25) is 24.7 Å². The highest BCUT2D eigenvalue weighted by Crippen LogP contribution is 2.54. The predicted octanol–water partition coefficient (Wildman–Crippen LogP) is 9.33. The van der Waals surface area contributed by atoms with Gasteiger partial charge in [-0.15, -0.1) is 0 Å². The fourth-order valence-corrected chi connectivity index (χ4v) is 15.1. The van der Waals surface area contributed by atoms with Crippen LogP contribution >= 0.6 is 0 Å². The molecule has 2 aliphatic carbocycles. The number of H-pyrrole nitrogens is 1. The van der Waals surface area contributed by atoms with Crippen LogP contribution in [-0.2, 0) is 21.3 Å². The number of aromatic amines is 1. The lowest BCUT2D eigenvalue weighted by atomic mass is 9.59. The molecule has 3 aromatic carbocycles. The zero-order chi connectivity index (χ0) is 58.3. The van der Waals surface area contributed by atoms with E-state index < -0.39 is 60.6 Å². The Hall–Kier alpha value is -7.11. The molecule has 5 fully saturated rings. The second kappa shape index (κ2) is 21.7. The fourth-order valence-electron chi connectivity index (χ4n) is 14.2. The average Bonchev–Trinajstić information content (AvgIpc) is 1.14. The van der Waals surface area contributed by atoms with E-state index in [0.29, 0.717) is 62.3 Å². The van der Waals surface area contributed by atoms with E-state index in [2.05, 4.69) is 65.9 Å². The molecule has 1 spiro atoms. The molecule has 3 atom stereocenters. The fraction of sp³-hybridized carbons (Fsp3) is 0.500. The molecule has 0 bridgehead atoms. The van der Waals surface area contributed by atoms with Crippen molar-refractivity contribution in [2.24, 2.45) is 11.3 Å². The number of nitro benzene ring substituents is 1. The van der Waals surface area contributed by atoms with Crippen LogP contribution in [-0.4, -0.2) is 138 Å². The Morgan fingerprint density at radius 3 is 2.54 bits per heavy atom. The van der Waals surface area contributed by atoms with Crippen molar-refractivity contribution < 1.29 is 46.6 Å². The van der Waals surface area contributed by atoms with E-state index in [4.69, 9.17) is 23.9 Å². The number of benzene rings is 3. The van der Waals surface area contributed by atoms with Gasteiger partial charge in [0.05, 0.1) is 44.7 Å². The van der Waals surface area contributed by atoms with Crippen molar-refractivity contribution in [2.75, 3.05) is 74.2 Å². The molecule has 8 heterocycles.